The molecule has 2 aromatic carbocycles. The van der Waals surface area contributed by atoms with Gasteiger partial charge < -0.3 is 21.1 Å². The third kappa shape index (κ3) is 3.89. The van der Waals surface area contributed by atoms with Crippen LogP contribution in [-0.2, 0) is 21.1 Å². The van der Waals surface area contributed by atoms with Crippen LogP contribution in [0.15, 0.2) is 41.3 Å². The van der Waals surface area contributed by atoms with Gasteiger partial charge in [-0.15, -0.1) is 0 Å². The summed E-state index contributed by atoms with van der Waals surface area (Å²) in [5.41, 5.74) is 8.15. The van der Waals surface area contributed by atoms with Crippen molar-refractivity contribution >= 4 is 27.1 Å². The van der Waals surface area contributed by atoms with Gasteiger partial charge in [-0.2, -0.15) is 0 Å². The third-order valence-electron chi connectivity index (χ3n) is 4.73. The van der Waals surface area contributed by atoms with Crippen LogP contribution in [0.1, 0.15) is 12.5 Å². The number of ether oxygens (including phenoxy) is 1. The zero-order valence-electron chi connectivity index (χ0n) is 15.5. The average Bonchev–Trinajstić information content (AvgIpc) is 2.65. The Morgan fingerprint density at radius 3 is 2.75 bits per heavy atom. The summed E-state index contributed by atoms with van der Waals surface area (Å²) in [5.74, 6) is -1.74. The number of carbonyl (C=O) groups is 1. The Bertz CT molecular complexity index is 1010. The van der Waals surface area contributed by atoms with E-state index in [1.165, 1.54) is 20.1 Å². The quantitative estimate of drug-likeness (QED) is 0.516. The molecule has 0 spiro atoms. The summed E-state index contributed by atoms with van der Waals surface area (Å²) in [5, 5.41) is 4.56. The van der Waals surface area contributed by atoms with E-state index in [2.05, 4.69) is 10.6 Å². The molecule has 28 heavy (non-hydrogen) atoms. The van der Waals surface area contributed by atoms with Gasteiger partial charge in [0.2, 0.25) is 5.91 Å². The van der Waals surface area contributed by atoms with Gasteiger partial charge in [0.15, 0.2) is 21.4 Å². The lowest BCUT2D eigenvalue weighted by molar-refractivity contribution is -0.119. The maximum absolute atomic E-state index is 13.7. The molecule has 2 atom stereocenters. The summed E-state index contributed by atoms with van der Waals surface area (Å²) in [6.45, 7) is 1.59. The van der Waals surface area contributed by atoms with Crippen molar-refractivity contribution in [2.24, 2.45) is 5.92 Å². The van der Waals surface area contributed by atoms with E-state index >= 15 is 0 Å². The van der Waals surface area contributed by atoms with Crippen molar-refractivity contribution < 1.29 is 22.3 Å². The second-order valence-electron chi connectivity index (χ2n) is 6.72. The van der Waals surface area contributed by atoms with Crippen molar-refractivity contribution in [3.8, 4) is 5.75 Å². The van der Waals surface area contributed by atoms with Crippen LogP contribution in [0.3, 0.4) is 0 Å². The number of nitrogens with one attached hydrogen (secondary N) is 2. The van der Waals surface area contributed by atoms with Crippen molar-refractivity contribution in [2.75, 3.05) is 24.7 Å². The van der Waals surface area contributed by atoms with Gasteiger partial charge in [0.05, 0.1) is 12.0 Å². The van der Waals surface area contributed by atoms with Crippen molar-refractivity contribution in [1.82, 2.24) is 5.32 Å². The SMILES string of the molecule is COc1cc(S(=O)(=O)C(NC(C)=O)C2CNc3cc(N)ccc3C2)ccc1F. The zero-order valence-corrected chi connectivity index (χ0v) is 16.3. The van der Waals surface area contributed by atoms with Gasteiger partial charge in [-0.3, -0.25) is 4.79 Å². The minimum atomic E-state index is -4.00. The second-order valence-corrected chi connectivity index (χ2v) is 8.79. The lowest BCUT2D eigenvalue weighted by Gasteiger charge is -2.32. The molecular formula is C19H22FN3O4S. The Kier molecular flexibility index (Phi) is 5.46. The number of rotatable bonds is 5. The van der Waals surface area contributed by atoms with Gasteiger partial charge in [-0.25, -0.2) is 12.8 Å². The Morgan fingerprint density at radius 2 is 2.07 bits per heavy atom. The number of sulfone groups is 1. The normalized spacial score (nSPS) is 17.2. The second kappa shape index (κ2) is 7.67. The van der Waals surface area contributed by atoms with Crippen molar-refractivity contribution in [3.63, 3.8) is 0 Å². The van der Waals surface area contributed by atoms with Gasteiger partial charge in [0.25, 0.3) is 0 Å². The minimum absolute atomic E-state index is 0.118. The summed E-state index contributed by atoms with van der Waals surface area (Å²) in [7, 11) is -2.74. The van der Waals surface area contributed by atoms with E-state index in [0.29, 0.717) is 18.7 Å². The highest BCUT2D eigenvalue weighted by atomic mass is 32.2. The highest BCUT2D eigenvalue weighted by Gasteiger charge is 2.37. The molecule has 2 unspecified atom stereocenters. The van der Waals surface area contributed by atoms with Crippen LogP contribution in [0.4, 0.5) is 15.8 Å². The minimum Gasteiger partial charge on any atom is -0.494 e. The molecule has 2 aromatic rings. The lowest BCUT2D eigenvalue weighted by Crippen LogP contribution is -2.49. The molecule has 150 valence electrons. The number of amides is 1. The molecule has 0 aromatic heterocycles. The van der Waals surface area contributed by atoms with Gasteiger partial charge in [0, 0.05) is 36.8 Å². The predicted molar refractivity (Wildman–Crippen MR) is 104 cm³/mol. The van der Waals surface area contributed by atoms with Crippen LogP contribution < -0.4 is 21.1 Å². The summed E-state index contributed by atoms with van der Waals surface area (Å²) >= 11 is 0. The molecule has 0 saturated heterocycles. The molecule has 0 fully saturated rings. The van der Waals surface area contributed by atoms with Crippen LogP contribution in [0.25, 0.3) is 0 Å². The molecule has 1 amide bonds. The number of nitrogens with two attached hydrogens (primary N) is 1. The Balaban J connectivity index is 1.98. The van der Waals surface area contributed by atoms with E-state index in [1.807, 2.05) is 6.07 Å². The third-order valence-corrected chi connectivity index (χ3v) is 6.81. The number of fused-ring (bicyclic) bond motifs is 1. The van der Waals surface area contributed by atoms with Crippen LogP contribution >= 0.6 is 0 Å². The maximum atomic E-state index is 13.7. The first-order valence-corrected chi connectivity index (χ1v) is 10.2. The number of methoxy groups -OCH3 is 1. The zero-order chi connectivity index (χ0) is 20.5. The standard InChI is InChI=1S/C19H22FN3O4S/c1-11(24)23-19(13-7-12-3-4-14(21)8-17(12)22-10-13)28(25,26)15-5-6-16(20)18(9-15)27-2/h3-6,8-9,13,19,22H,7,10,21H2,1-2H3,(H,23,24). The molecule has 3 rings (SSSR count). The molecular weight excluding hydrogens is 385 g/mol. The molecule has 0 bridgehead atoms. The Morgan fingerprint density at radius 1 is 1.32 bits per heavy atom. The number of anilines is 2. The predicted octanol–water partition coefficient (Wildman–Crippen LogP) is 1.94. The van der Waals surface area contributed by atoms with Crippen molar-refractivity contribution in [3.05, 3.63) is 47.8 Å². The molecule has 7 nitrogen and oxygen atoms in total. The molecule has 0 aliphatic carbocycles. The smallest absolute Gasteiger partial charge is 0.217 e. The van der Waals surface area contributed by atoms with Crippen LogP contribution in [0.2, 0.25) is 0 Å². The topological polar surface area (TPSA) is 111 Å². The summed E-state index contributed by atoms with van der Waals surface area (Å²) < 4.78 is 45.2. The molecule has 1 aliphatic heterocycles. The Labute approximate surface area is 163 Å². The number of carbonyl (C=O) groups excluding carboxylic acids is 1. The molecule has 9 heteroatoms. The van der Waals surface area contributed by atoms with Crippen LogP contribution in [0, 0.1) is 11.7 Å². The first-order valence-electron chi connectivity index (χ1n) is 8.69. The average molecular weight is 407 g/mol. The highest BCUT2D eigenvalue weighted by Crippen LogP contribution is 2.32. The number of halogens is 1. The fraction of sp³-hybridized carbons (Fsp3) is 0.316. The molecule has 1 aliphatic rings. The molecule has 0 radical (unpaired) electrons. The van der Waals surface area contributed by atoms with E-state index in [0.717, 1.165) is 23.4 Å². The summed E-state index contributed by atoms with van der Waals surface area (Å²) in [6, 6.07) is 8.71. The molecule has 0 saturated carbocycles. The largest absolute Gasteiger partial charge is 0.494 e. The van der Waals surface area contributed by atoms with Gasteiger partial charge in [-0.1, -0.05) is 6.07 Å². The fourth-order valence-electron chi connectivity index (χ4n) is 3.36. The number of hydrogen-bond donors (Lipinski definition) is 3. The van der Waals surface area contributed by atoms with Crippen molar-refractivity contribution in [2.45, 2.75) is 23.6 Å². The van der Waals surface area contributed by atoms with Crippen molar-refractivity contribution in [1.29, 1.82) is 0 Å². The first-order chi connectivity index (χ1) is 13.2. The molecule has 4 N–H and O–H groups in total. The van der Waals surface area contributed by atoms with Gasteiger partial charge in [0.1, 0.15) is 5.37 Å². The van der Waals surface area contributed by atoms with E-state index in [-0.39, 0.29) is 10.6 Å². The van der Waals surface area contributed by atoms with Crippen LogP contribution in [-0.4, -0.2) is 33.4 Å². The van der Waals surface area contributed by atoms with E-state index in [4.69, 9.17) is 10.5 Å². The summed E-state index contributed by atoms with van der Waals surface area (Å²) in [4.78, 5) is 11.6. The maximum Gasteiger partial charge on any atom is 0.217 e. The fourth-order valence-corrected chi connectivity index (χ4v) is 5.20. The molecule has 1 heterocycles. The number of nitrogen functional groups attached to an aromatic ring is 1. The Hall–Kier alpha value is -2.81. The number of hydrogen-bond acceptors (Lipinski definition) is 6. The van der Waals surface area contributed by atoms with E-state index in [9.17, 15) is 17.6 Å². The van der Waals surface area contributed by atoms with Crippen LogP contribution in [0.5, 0.6) is 5.75 Å². The lowest BCUT2D eigenvalue weighted by atomic mass is 9.93. The monoisotopic (exact) mass is 407 g/mol. The van der Waals surface area contributed by atoms with Gasteiger partial charge >= 0.3 is 0 Å². The summed E-state index contributed by atoms with van der Waals surface area (Å²) in [6.07, 6.45) is 0.436. The number of benzene rings is 2. The van der Waals surface area contributed by atoms with E-state index < -0.39 is 32.9 Å². The first kappa shape index (κ1) is 19.9. The van der Waals surface area contributed by atoms with E-state index in [1.54, 1.807) is 12.1 Å². The highest BCUT2D eigenvalue weighted by molar-refractivity contribution is 7.92. The van der Waals surface area contributed by atoms with Gasteiger partial charge in [-0.05, 0) is 36.2 Å².